The highest BCUT2D eigenvalue weighted by atomic mass is 35.5. The van der Waals surface area contributed by atoms with Crippen LogP contribution in [0.5, 0.6) is 0 Å². The molecule has 1 aromatic rings. The van der Waals surface area contributed by atoms with Crippen LogP contribution in [0.25, 0.3) is 0 Å². The van der Waals surface area contributed by atoms with Gasteiger partial charge in [0.25, 0.3) is 0 Å². The Labute approximate surface area is 82.1 Å². The predicted octanol–water partition coefficient (Wildman–Crippen LogP) is 1.70. The van der Waals surface area contributed by atoms with Crippen molar-refractivity contribution in [2.75, 3.05) is 6.61 Å². The lowest BCUT2D eigenvalue weighted by molar-refractivity contribution is 0.113. The molecular formula is C8H12ClNOS. The molecule has 0 unspecified atom stereocenters. The molecule has 2 N–H and O–H groups in total. The normalized spacial score (nSPS) is 15.1. The van der Waals surface area contributed by atoms with Gasteiger partial charge in [0.15, 0.2) is 0 Å². The first-order chi connectivity index (χ1) is 5.42. The van der Waals surface area contributed by atoms with E-state index in [9.17, 15) is 0 Å². The number of hydrogen-bond donors (Lipinski definition) is 1. The quantitative estimate of drug-likeness (QED) is 0.758. The fourth-order valence-electron chi connectivity index (χ4n) is 1.40. The van der Waals surface area contributed by atoms with Crippen LogP contribution < -0.4 is 5.73 Å². The maximum absolute atomic E-state index is 5.58. The van der Waals surface area contributed by atoms with Gasteiger partial charge in [-0.1, -0.05) is 0 Å². The summed E-state index contributed by atoms with van der Waals surface area (Å²) >= 11 is 1.77. The number of halogens is 1. The molecule has 2 nitrogen and oxygen atoms in total. The van der Waals surface area contributed by atoms with E-state index in [1.807, 2.05) is 0 Å². The smallest absolute Gasteiger partial charge is 0.0812 e. The lowest BCUT2D eigenvalue weighted by Gasteiger charge is -2.12. The van der Waals surface area contributed by atoms with E-state index in [0.717, 1.165) is 19.6 Å². The molecule has 68 valence electrons. The molecule has 0 atom stereocenters. The fraction of sp³-hybridized carbons (Fsp3) is 0.500. The molecule has 4 heteroatoms. The van der Waals surface area contributed by atoms with Crippen molar-refractivity contribution in [2.24, 2.45) is 5.73 Å². The SMILES string of the molecule is Cl.NCc1csc2c1CCOC2. The zero-order valence-corrected chi connectivity index (χ0v) is 8.34. The van der Waals surface area contributed by atoms with Crippen molar-refractivity contribution in [2.45, 2.75) is 19.6 Å². The van der Waals surface area contributed by atoms with Gasteiger partial charge in [0.2, 0.25) is 0 Å². The number of rotatable bonds is 1. The molecule has 2 heterocycles. The van der Waals surface area contributed by atoms with Gasteiger partial charge in [-0.15, -0.1) is 23.7 Å². The summed E-state index contributed by atoms with van der Waals surface area (Å²) in [5.41, 5.74) is 8.35. The van der Waals surface area contributed by atoms with Crippen molar-refractivity contribution < 1.29 is 4.74 Å². The molecule has 2 rings (SSSR count). The summed E-state index contributed by atoms with van der Waals surface area (Å²) in [7, 11) is 0. The van der Waals surface area contributed by atoms with Crippen molar-refractivity contribution in [1.29, 1.82) is 0 Å². The van der Waals surface area contributed by atoms with E-state index >= 15 is 0 Å². The standard InChI is InChI=1S/C8H11NOS.ClH/c9-3-6-5-11-8-4-10-2-1-7(6)8;/h5H,1-4,9H2;1H. The Kier molecular flexibility index (Phi) is 3.53. The molecule has 0 aromatic carbocycles. The van der Waals surface area contributed by atoms with E-state index in [1.54, 1.807) is 11.3 Å². The molecule has 0 saturated carbocycles. The Bertz CT molecular complexity index is 248. The van der Waals surface area contributed by atoms with Crippen LogP contribution in [0.4, 0.5) is 0 Å². The Morgan fingerprint density at radius 1 is 1.58 bits per heavy atom. The Hall–Kier alpha value is -0.0900. The molecular weight excluding hydrogens is 194 g/mol. The van der Waals surface area contributed by atoms with Gasteiger partial charge in [-0.25, -0.2) is 0 Å². The molecule has 0 radical (unpaired) electrons. The van der Waals surface area contributed by atoms with Gasteiger partial charge in [0.1, 0.15) is 0 Å². The van der Waals surface area contributed by atoms with Gasteiger partial charge < -0.3 is 10.5 Å². The minimum atomic E-state index is 0. The molecule has 12 heavy (non-hydrogen) atoms. The van der Waals surface area contributed by atoms with Gasteiger partial charge in [-0.3, -0.25) is 0 Å². The summed E-state index contributed by atoms with van der Waals surface area (Å²) < 4.78 is 5.32. The number of ether oxygens (including phenoxy) is 1. The molecule has 1 aliphatic heterocycles. The summed E-state index contributed by atoms with van der Waals surface area (Å²) in [6, 6.07) is 0. The van der Waals surface area contributed by atoms with E-state index in [-0.39, 0.29) is 12.4 Å². The van der Waals surface area contributed by atoms with Crippen molar-refractivity contribution in [3.63, 3.8) is 0 Å². The largest absolute Gasteiger partial charge is 0.376 e. The molecule has 1 aliphatic rings. The summed E-state index contributed by atoms with van der Waals surface area (Å²) in [5, 5.41) is 2.15. The number of nitrogens with two attached hydrogens (primary N) is 1. The van der Waals surface area contributed by atoms with E-state index < -0.39 is 0 Å². The van der Waals surface area contributed by atoms with Gasteiger partial charge in [-0.2, -0.15) is 0 Å². The highest BCUT2D eigenvalue weighted by Gasteiger charge is 2.14. The first kappa shape index (κ1) is 9.99. The first-order valence-electron chi connectivity index (χ1n) is 3.77. The van der Waals surface area contributed by atoms with E-state index in [4.69, 9.17) is 10.5 Å². The second-order valence-electron chi connectivity index (χ2n) is 2.67. The minimum Gasteiger partial charge on any atom is -0.376 e. The number of hydrogen-bond acceptors (Lipinski definition) is 3. The zero-order chi connectivity index (χ0) is 7.68. The highest BCUT2D eigenvalue weighted by molar-refractivity contribution is 7.10. The van der Waals surface area contributed by atoms with Crippen LogP contribution in [0.3, 0.4) is 0 Å². The second-order valence-corrected chi connectivity index (χ2v) is 3.63. The Morgan fingerprint density at radius 2 is 2.42 bits per heavy atom. The minimum absolute atomic E-state index is 0. The summed E-state index contributed by atoms with van der Waals surface area (Å²) in [6.07, 6.45) is 1.05. The third kappa shape index (κ3) is 1.64. The number of fused-ring (bicyclic) bond motifs is 1. The molecule has 0 amide bonds. The summed E-state index contributed by atoms with van der Waals surface area (Å²) in [4.78, 5) is 1.37. The predicted molar refractivity (Wildman–Crippen MR) is 52.8 cm³/mol. The molecule has 0 saturated heterocycles. The van der Waals surface area contributed by atoms with Crippen molar-refractivity contribution >= 4 is 23.7 Å². The average molecular weight is 206 g/mol. The average Bonchev–Trinajstić information content (AvgIpc) is 2.47. The van der Waals surface area contributed by atoms with Crippen molar-refractivity contribution in [3.05, 3.63) is 21.4 Å². The Balaban J connectivity index is 0.000000720. The maximum Gasteiger partial charge on any atom is 0.0812 e. The second kappa shape index (κ2) is 4.23. The van der Waals surface area contributed by atoms with Gasteiger partial charge in [0.05, 0.1) is 13.2 Å². The fourth-order valence-corrected chi connectivity index (χ4v) is 2.44. The third-order valence-electron chi connectivity index (χ3n) is 2.02. The van der Waals surface area contributed by atoms with E-state index in [2.05, 4.69) is 5.38 Å². The lowest BCUT2D eigenvalue weighted by Crippen LogP contribution is -2.09. The van der Waals surface area contributed by atoms with Gasteiger partial charge in [-0.05, 0) is 22.9 Å². The summed E-state index contributed by atoms with van der Waals surface area (Å²) in [5.74, 6) is 0. The van der Waals surface area contributed by atoms with Crippen LogP contribution in [-0.2, 0) is 24.3 Å². The monoisotopic (exact) mass is 205 g/mol. The van der Waals surface area contributed by atoms with Crippen LogP contribution >= 0.6 is 23.7 Å². The molecule has 1 aromatic heterocycles. The first-order valence-corrected chi connectivity index (χ1v) is 4.65. The van der Waals surface area contributed by atoms with Crippen LogP contribution in [-0.4, -0.2) is 6.61 Å². The Morgan fingerprint density at radius 3 is 3.17 bits per heavy atom. The molecule has 0 bridgehead atoms. The van der Waals surface area contributed by atoms with Crippen LogP contribution in [0.2, 0.25) is 0 Å². The third-order valence-corrected chi connectivity index (χ3v) is 3.07. The van der Waals surface area contributed by atoms with E-state index in [0.29, 0.717) is 6.54 Å². The van der Waals surface area contributed by atoms with Crippen LogP contribution in [0.15, 0.2) is 5.38 Å². The van der Waals surface area contributed by atoms with Gasteiger partial charge in [0, 0.05) is 11.4 Å². The highest BCUT2D eigenvalue weighted by Crippen LogP contribution is 2.26. The maximum atomic E-state index is 5.58. The lowest BCUT2D eigenvalue weighted by atomic mass is 10.1. The molecule has 0 fully saturated rings. The van der Waals surface area contributed by atoms with E-state index in [1.165, 1.54) is 16.0 Å². The summed E-state index contributed by atoms with van der Waals surface area (Å²) in [6.45, 7) is 2.32. The van der Waals surface area contributed by atoms with Crippen LogP contribution in [0.1, 0.15) is 16.0 Å². The van der Waals surface area contributed by atoms with Crippen molar-refractivity contribution in [1.82, 2.24) is 0 Å². The molecule has 0 aliphatic carbocycles. The van der Waals surface area contributed by atoms with Crippen molar-refractivity contribution in [3.8, 4) is 0 Å². The zero-order valence-electron chi connectivity index (χ0n) is 6.71. The molecule has 0 spiro atoms. The topological polar surface area (TPSA) is 35.2 Å². The van der Waals surface area contributed by atoms with Gasteiger partial charge >= 0.3 is 0 Å². The number of thiophene rings is 1. The van der Waals surface area contributed by atoms with Crippen LogP contribution in [0, 0.1) is 0 Å².